The molecule has 0 saturated heterocycles. The highest BCUT2D eigenvalue weighted by Crippen LogP contribution is 2.69. The Morgan fingerprint density at radius 2 is 1.58 bits per heavy atom. The molecule has 4 fully saturated rings. The normalized spacial score (nSPS) is 43.4. The third-order valence-electron chi connectivity index (χ3n) is 11.5. The van der Waals surface area contributed by atoms with E-state index in [4.69, 9.17) is 20.9 Å². The molecule has 2 nitrogen and oxygen atoms in total. The fraction of sp³-hybridized carbons (Fsp3) is 1.00. The van der Waals surface area contributed by atoms with Gasteiger partial charge in [0.1, 0.15) is 0 Å². The van der Waals surface area contributed by atoms with E-state index in [1.165, 1.54) is 57.8 Å². The molecule has 5 heteroatoms. The molecule has 0 N–H and O–H groups in total. The van der Waals surface area contributed by atoms with Gasteiger partial charge in [0.15, 0.2) is 0 Å². The summed E-state index contributed by atoms with van der Waals surface area (Å²) in [6.45, 7) is 14.4. The molecular weight excluding hydrogens is 486 g/mol. The lowest BCUT2D eigenvalue weighted by Gasteiger charge is -2.61. The van der Waals surface area contributed by atoms with Gasteiger partial charge in [0.25, 0.3) is 0 Å². The molecular formula is C31H56FO2PS. The van der Waals surface area contributed by atoms with Gasteiger partial charge in [-0.05, 0) is 143 Å². The topological polar surface area (TPSA) is 18.5 Å². The van der Waals surface area contributed by atoms with Crippen LogP contribution in [0.15, 0.2) is 0 Å². The van der Waals surface area contributed by atoms with Crippen molar-refractivity contribution in [2.45, 2.75) is 144 Å². The standard InChI is InChI=1S/C31H56FO2PS/c1-21(2)10-9-11-22(3)26-14-15-27-25-13-12-23-20-24(33-35(32,36)34-29(4,5)6)16-18-30(23,7)28(25)17-19-31(26,27)8/h21-28H,9-20H2,1-8H3/t22-,23?,24+,25+,26-,27+,28+,30+,31-,35?/m1/s1. The van der Waals surface area contributed by atoms with E-state index in [2.05, 4.69) is 34.6 Å². The smallest absolute Gasteiger partial charge is 0.302 e. The van der Waals surface area contributed by atoms with Crippen molar-refractivity contribution in [1.29, 1.82) is 0 Å². The third kappa shape index (κ3) is 6.13. The zero-order valence-electron chi connectivity index (χ0n) is 24.7. The Bertz CT molecular complexity index is 811. The largest absolute Gasteiger partial charge is 0.366 e. The van der Waals surface area contributed by atoms with Gasteiger partial charge in [0.05, 0.1) is 11.7 Å². The molecule has 10 atom stereocenters. The van der Waals surface area contributed by atoms with Crippen LogP contribution in [0.5, 0.6) is 0 Å². The van der Waals surface area contributed by atoms with Crippen molar-refractivity contribution in [3.05, 3.63) is 0 Å². The Hall–Kier alpha value is 0.500. The minimum atomic E-state index is -3.70. The maximum absolute atomic E-state index is 15.0. The fourth-order valence-electron chi connectivity index (χ4n) is 9.87. The first kappa shape index (κ1) is 29.5. The summed E-state index contributed by atoms with van der Waals surface area (Å²) in [4.78, 5) is 0. The summed E-state index contributed by atoms with van der Waals surface area (Å²) in [5.41, 5.74) is 0.326. The summed E-state index contributed by atoms with van der Waals surface area (Å²) < 4.78 is 26.5. The predicted molar refractivity (Wildman–Crippen MR) is 154 cm³/mol. The second kappa shape index (κ2) is 10.8. The predicted octanol–water partition coefficient (Wildman–Crippen LogP) is 10.5. The van der Waals surface area contributed by atoms with E-state index in [1.807, 2.05) is 20.8 Å². The van der Waals surface area contributed by atoms with Gasteiger partial charge in [-0.25, -0.2) is 0 Å². The second-order valence-corrected chi connectivity index (χ2v) is 17.9. The first-order valence-electron chi connectivity index (χ1n) is 15.3. The molecule has 0 aromatic rings. The molecule has 0 radical (unpaired) electrons. The average Bonchev–Trinajstić information content (AvgIpc) is 3.09. The van der Waals surface area contributed by atoms with Crippen molar-refractivity contribution in [1.82, 2.24) is 0 Å². The van der Waals surface area contributed by atoms with Crippen LogP contribution in [-0.4, -0.2) is 11.7 Å². The van der Waals surface area contributed by atoms with E-state index in [1.54, 1.807) is 0 Å². The van der Waals surface area contributed by atoms with E-state index in [0.29, 0.717) is 16.7 Å². The van der Waals surface area contributed by atoms with Crippen LogP contribution in [0.4, 0.5) is 4.20 Å². The Morgan fingerprint density at radius 3 is 2.25 bits per heavy atom. The number of hydrogen-bond donors (Lipinski definition) is 0. The zero-order valence-corrected chi connectivity index (χ0v) is 26.4. The second-order valence-electron chi connectivity index (χ2n) is 15.3. The van der Waals surface area contributed by atoms with Crippen molar-refractivity contribution in [2.24, 2.45) is 52.3 Å². The summed E-state index contributed by atoms with van der Waals surface area (Å²) in [7, 11) is 0. The first-order valence-corrected chi connectivity index (χ1v) is 17.9. The Labute approximate surface area is 227 Å². The van der Waals surface area contributed by atoms with Gasteiger partial charge in [-0.2, -0.15) is 4.20 Å². The molecule has 0 aromatic heterocycles. The SMILES string of the molecule is CC(C)CCC[C@@H](C)[C@H]1CC[C@H]2[C@@H]3CCC4C[C@@H](OP(F)(=S)OC(C)(C)C)CC[C@]4(C)[C@H]3CC[C@]12C. The Balaban J connectivity index is 1.40. The quantitative estimate of drug-likeness (QED) is 0.284. The minimum Gasteiger partial charge on any atom is -0.302 e. The van der Waals surface area contributed by atoms with Crippen LogP contribution >= 0.6 is 6.80 Å². The van der Waals surface area contributed by atoms with Crippen molar-refractivity contribution in [2.75, 3.05) is 0 Å². The molecule has 0 amide bonds. The molecule has 4 aliphatic rings. The van der Waals surface area contributed by atoms with Crippen molar-refractivity contribution in [3.63, 3.8) is 0 Å². The summed E-state index contributed by atoms with van der Waals surface area (Å²) in [5.74, 6) is 5.90. The molecule has 4 aliphatic carbocycles. The summed E-state index contributed by atoms with van der Waals surface area (Å²) in [6, 6.07) is 0. The van der Waals surface area contributed by atoms with Gasteiger partial charge in [0.2, 0.25) is 0 Å². The maximum atomic E-state index is 15.0. The van der Waals surface area contributed by atoms with Gasteiger partial charge in [-0.3, -0.25) is 4.52 Å². The summed E-state index contributed by atoms with van der Waals surface area (Å²) >= 11 is 5.17. The van der Waals surface area contributed by atoms with Crippen LogP contribution < -0.4 is 0 Å². The van der Waals surface area contributed by atoms with Crippen molar-refractivity contribution < 1.29 is 13.2 Å². The van der Waals surface area contributed by atoms with Crippen molar-refractivity contribution >= 4 is 18.6 Å². The zero-order chi connectivity index (χ0) is 26.5. The van der Waals surface area contributed by atoms with E-state index in [-0.39, 0.29) is 6.10 Å². The minimum absolute atomic E-state index is 0.0748. The van der Waals surface area contributed by atoms with E-state index in [9.17, 15) is 0 Å². The molecule has 0 aliphatic heterocycles. The molecule has 36 heavy (non-hydrogen) atoms. The summed E-state index contributed by atoms with van der Waals surface area (Å²) in [6.07, 6.45) is 15.6. The van der Waals surface area contributed by atoms with Crippen molar-refractivity contribution in [3.8, 4) is 0 Å². The molecule has 4 rings (SSSR count). The van der Waals surface area contributed by atoms with Gasteiger partial charge in [-0.1, -0.05) is 53.9 Å². The molecule has 210 valence electrons. The van der Waals surface area contributed by atoms with E-state index < -0.39 is 12.4 Å². The number of fused-ring (bicyclic) bond motifs is 5. The Kier molecular flexibility index (Phi) is 8.86. The molecule has 0 heterocycles. The van der Waals surface area contributed by atoms with E-state index in [0.717, 1.165) is 54.8 Å². The highest BCUT2D eigenvalue weighted by molar-refractivity contribution is 8.07. The number of rotatable bonds is 8. The van der Waals surface area contributed by atoms with Crippen LogP contribution in [-0.2, 0) is 20.9 Å². The lowest BCUT2D eigenvalue weighted by molar-refractivity contribution is -0.127. The van der Waals surface area contributed by atoms with Crippen LogP contribution in [0, 0.1) is 52.3 Å². The molecule has 4 saturated carbocycles. The lowest BCUT2D eigenvalue weighted by atomic mass is 9.44. The highest BCUT2D eigenvalue weighted by atomic mass is 32.5. The fourth-order valence-corrected chi connectivity index (χ4v) is 12.1. The van der Waals surface area contributed by atoms with Crippen LogP contribution in [0.3, 0.4) is 0 Å². The van der Waals surface area contributed by atoms with E-state index >= 15 is 4.20 Å². The van der Waals surface area contributed by atoms with Crippen LogP contribution in [0.2, 0.25) is 0 Å². The van der Waals surface area contributed by atoms with Gasteiger partial charge >= 0.3 is 6.80 Å². The molecule has 0 aromatic carbocycles. The molecule has 2 unspecified atom stereocenters. The third-order valence-corrected chi connectivity index (χ3v) is 13.3. The maximum Gasteiger partial charge on any atom is 0.366 e. The van der Waals surface area contributed by atoms with Crippen LogP contribution in [0.25, 0.3) is 0 Å². The van der Waals surface area contributed by atoms with Gasteiger partial charge < -0.3 is 4.52 Å². The van der Waals surface area contributed by atoms with Gasteiger partial charge in [-0.15, -0.1) is 0 Å². The lowest BCUT2D eigenvalue weighted by Crippen LogP contribution is -2.54. The average molecular weight is 543 g/mol. The molecule has 0 bridgehead atoms. The Morgan fingerprint density at radius 1 is 0.917 bits per heavy atom. The first-order chi connectivity index (χ1) is 16.6. The van der Waals surface area contributed by atoms with Gasteiger partial charge in [0, 0.05) is 0 Å². The van der Waals surface area contributed by atoms with Crippen LogP contribution in [0.1, 0.15) is 132 Å². The monoisotopic (exact) mass is 542 g/mol. The summed E-state index contributed by atoms with van der Waals surface area (Å²) in [5, 5.41) is 0. The highest BCUT2D eigenvalue weighted by Gasteiger charge is 2.60. The number of hydrogen-bond acceptors (Lipinski definition) is 3. The number of halogens is 1. The molecule has 0 spiro atoms.